The van der Waals surface area contributed by atoms with Crippen LogP contribution in [0.5, 0.6) is 0 Å². The van der Waals surface area contributed by atoms with Crippen LogP contribution in [0, 0.1) is 0 Å². The largest absolute Gasteiger partial charge is 0.416 e. The summed E-state index contributed by atoms with van der Waals surface area (Å²) in [5, 5.41) is 5.31. The first kappa shape index (κ1) is 12.7. The second kappa shape index (κ2) is 4.67. The smallest absolute Gasteiger partial charge is 0.267 e. The summed E-state index contributed by atoms with van der Waals surface area (Å²) in [6, 6.07) is 12.9. The summed E-state index contributed by atoms with van der Waals surface area (Å²) < 4.78 is 39.6. The summed E-state index contributed by atoms with van der Waals surface area (Å²) in [6.45, 7) is 0.318. The zero-order chi connectivity index (χ0) is 14.2. The highest BCUT2D eigenvalue weighted by Crippen LogP contribution is 2.29. The van der Waals surface area contributed by atoms with Crippen molar-refractivity contribution in [3.05, 3.63) is 65.9 Å². The van der Waals surface area contributed by atoms with Gasteiger partial charge in [0.15, 0.2) is 0 Å². The van der Waals surface area contributed by atoms with E-state index in [9.17, 15) is 13.2 Å². The molecule has 0 aliphatic carbocycles. The van der Waals surface area contributed by atoms with E-state index in [0.29, 0.717) is 12.1 Å². The number of alkyl halides is 3. The van der Waals surface area contributed by atoms with E-state index in [1.807, 2.05) is 30.5 Å². The van der Waals surface area contributed by atoms with Gasteiger partial charge in [-0.3, -0.25) is 4.68 Å². The molecule has 0 N–H and O–H groups in total. The lowest BCUT2D eigenvalue weighted by Crippen LogP contribution is -2.07. The van der Waals surface area contributed by atoms with Gasteiger partial charge in [0.05, 0.1) is 17.6 Å². The summed E-state index contributed by atoms with van der Waals surface area (Å²) in [5.41, 5.74) is 0.777. The average Bonchev–Trinajstić information content (AvgIpc) is 2.80. The second-order valence-electron chi connectivity index (χ2n) is 4.58. The highest BCUT2D eigenvalue weighted by atomic mass is 19.4. The minimum atomic E-state index is -4.31. The van der Waals surface area contributed by atoms with Crippen LogP contribution in [-0.2, 0) is 12.7 Å². The number of aromatic nitrogens is 2. The molecule has 2 aromatic carbocycles. The van der Waals surface area contributed by atoms with Crippen molar-refractivity contribution >= 4 is 10.9 Å². The standard InChI is InChI=1S/C15H11F3N2/c16-15(17,18)13-6-3-4-11(8-13)9-20-10-12-5-1-2-7-14(12)19-20/h1-8,10H,9H2. The van der Waals surface area contributed by atoms with Gasteiger partial charge in [-0.15, -0.1) is 0 Å². The Balaban J connectivity index is 1.91. The van der Waals surface area contributed by atoms with Crippen molar-refractivity contribution in [2.24, 2.45) is 0 Å². The fourth-order valence-electron chi connectivity index (χ4n) is 2.13. The third-order valence-corrected chi connectivity index (χ3v) is 3.06. The molecule has 0 bridgehead atoms. The fraction of sp³-hybridized carbons (Fsp3) is 0.133. The minimum absolute atomic E-state index is 0.318. The number of rotatable bonds is 2. The van der Waals surface area contributed by atoms with Gasteiger partial charge in [0.1, 0.15) is 0 Å². The lowest BCUT2D eigenvalue weighted by atomic mass is 10.1. The van der Waals surface area contributed by atoms with Gasteiger partial charge in [0, 0.05) is 11.6 Å². The van der Waals surface area contributed by atoms with E-state index < -0.39 is 11.7 Å². The van der Waals surface area contributed by atoms with Gasteiger partial charge in [-0.2, -0.15) is 18.3 Å². The van der Waals surface area contributed by atoms with E-state index in [2.05, 4.69) is 5.10 Å². The molecule has 0 saturated heterocycles. The van der Waals surface area contributed by atoms with E-state index >= 15 is 0 Å². The summed E-state index contributed by atoms with van der Waals surface area (Å²) in [4.78, 5) is 0. The van der Waals surface area contributed by atoms with Crippen LogP contribution >= 0.6 is 0 Å². The molecule has 20 heavy (non-hydrogen) atoms. The molecular weight excluding hydrogens is 265 g/mol. The molecule has 1 heterocycles. The molecule has 0 fully saturated rings. The van der Waals surface area contributed by atoms with E-state index in [1.165, 1.54) is 6.07 Å². The molecule has 3 rings (SSSR count). The molecule has 2 nitrogen and oxygen atoms in total. The van der Waals surface area contributed by atoms with Crippen LogP contribution in [0.15, 0.2) is 54.7 Å². The molecule has 0 amide bonds. The van der Waals surface area contributed by atoms with Crippen molar-refractivity contribution in [1.29, 1.82) is 0 Å². The molecule has 0 saturated carbocycles. The highest BCUT2D eigenvalue weighted by molar-refractivity contribution is 5.77. The monoisotopic (exact) mass is 276 g/mol. The van der Waals surface area contributed by atoms with Gasteiger partial charge in [0.2, 0.25) is 0 Å². The lowest BCUT2D eigenvalue weighted by Gasteiger charge is -2.08. The molecule has 0 unspecified atom stereocenters. The average molecular weight is 276 g/mol. The third-order valence-electron chi connectivity index (χ3n) is 3.06. The zero-order valence-electron chi connectivity index (χ0n) is 10.4. The minimum Gasteiger partial charge on any atom is -0.267 e. The quantitative estimate of drug-likeness (QED) is 0.689. The van der Waals surface area contributed by atoms with Crippen molar-refractivity contribution in [2.45, 2.75) is 12.7 Å². The molecule has 0 atom stereocenters. The summed E-state index contributed by atoms with van der Waals surface area (Å²) >= 11 is 0. The third kappa shape index (κ3) is 2.52. The number of halogens is 3. The predicted octanol–water partition coefficient (Wildman–Crippen LogP) is 4.10. The van der Waals surface area contributed by atoms with E-state index in [4.69, 9.17) is 0 Å². The van der Waals surface area contributed by atoms with Gasteiger partial charge in [-0.05, 0) is 23.8 Å². The van der Waals surface area contributed by atoms with E-state index in [0.717, 1.165) is 23.0 Å². The summed E-state index contributed by atoms with van der Waals surface area (Å²) in [6.07, 6.45) is -2.49. The predicted molar refractivity (Wildman–Crippen MR) is 70.3 cm³/mol. The van der Waals surface area contributed by atoms with E-state index in [1.54, 1.807) is 10.7 Å². The Morgan fingerprint density at radius 3 is 2.55 bits per heavy atom. The molecule has 3 aromatic rings. The number of hydrogen-bond acceptors (Lipinski definition) is 1. The van der Waals surface area contributed by atoms with Crippen molar-refractivity contribution in [2.75, 3.05) is 0 Å². The second-order valence-corrected chi connectivity index (χ2v) is 4.58. The first-order chi connectivity index (χ1) is 9.52. The van der Waals surface area contributed by atoms with Crippen LogP contribution in [0.4, 0.5) is 13.2 Å². The Kier molecular flexibility index (Phi) is 2.97. The Morgan fingerprint density at radius 2 is 1.80 bits per heavy atom. The van der Waals surface area contributed by atoms with Crippen molar-refractivity contribution in [1.82, 2.24) is 9.78 Å². The molecular formula is C15H11F3N2. The Morgan fingerprint density at radius 1 is 1.00 bits per heavy atom. The molecule has 102 valence electrons. The Bertz CT molecular complexity index is 711. The summed E-state index contributed by atoms with van der Waals surface area (Å²) in [5.74, 6) is 0. The molecule has 1 aromatic heterocycles. The Labute approximate surface area is 113 Å². The van der Waals surface area contributed by atoms with Crippen LogP contribution in [-0.4, -0.2) is 9.78 Å². The molecule has 0 spiro atoms. The molecule has 0 radical (unpaired) electrons. The first-order valence-electron chi connectivity index (χ1n) is 6.11. The van der Waals surface area contributed by atoms with Crippen LogP contribution in [0.1, 0.15) is 11.1 Å². The van der Waals surface area contributed by atoms with Gasteiger partial charge < -0.3 is 0 Å². The normalized spacial score (nSPS) is 11.9. The first-order valence-corrected chi connectivity index (χ1v) is 6.11. The topological polar surface area (TPSA) is 17.8 Å². The van der Waals surface area contributed by atoms with Crippen LogP contribution in [0.3, 0.4) is 0 Å². The maximum atomic E-state index is 12.7. The van der Waals surface area contributed by atoms with Gasteiger partial charge in [0.25, 0.3) is 0 Å². The number of benzene rings is 2. The maximum Gasteiger partial charge on any atom is 0.416 e. The summed E-state index contributed by atoms with van der Waals surface area (Å²) in [7, 11) is 0. The number of hydrogen-bond donors (Lipinski definition) is 0. The SMILES string of the molecule is FC(F)(F)c1cccc(Cn2cc3ccccc3n2)c1. The molecule has 0 aliphatic rings. The van der Waals surface area contributed by atoms with Crippen molar-refractivity contribution in [3.63, 3.8) is 0 Å². The number of fused-ring (bicyclic) bond motifs is 1. The van der Waals surface area contributed by atoms with Crippen molar-refractivity contribution in [3.8, 4) is 0 Å². The fourth-order valence-corrected chi connectivity index (χ4v) is 2.13. The van der Waals surface area contributed by atoms with E-state index in [-0.39, 0.29) is 0 Å². The lowest BCUT2D eigenvalue weighted by molar-refractivity contribution is -0.137. The highest BCUT2D eigenvalue weighted by Gasteiger charge is 2.30. The molecule has 5 heteroatoms. The van der Waals surface area contributed by atoms with Crippen molar-refractivity contribution < 1.29 is 13.2 Å². The number of nitrogens with zero attached hydrogens (tertiary/aromatic N) is 2. The van der Waals surface area contributed by atoms with Gasteiger partial charge in [-0.25, -0.2) is 0 Å². The zero-order valence-corrected chi connectivity index (χ0v) is 10.4. The van der Waals surface area contributed by atoms with Gasteiger partial charge >= 0.3 is 6.18 Å². The van der Waals surface area contributed by atoms with Crippen LogP contribution in [0.2, 0.25) is 0 Å². The Hall–Kier alpha value is -2.30. The molecule has 0 aliphatic heterocycles. The maximum absolute atomic E-state index is 12.7. The van der Waals surface area contributed by atoms with Crippen LogP contribution < -0.4 is 0 Å². The van der Waals surface area contributed by atoms with Crippen LogP contribution in [0.25, 0.3) is 10.9 Å². The van der Waals surface area contributed by atoms with Gasteiger partial charge in [-0.1, -0.05) is 30.3 Å².